The molecule has 8 heteroatoms. The molecule has 5 N–H and O–H groups in total. The summed E-state index contributed by atoms with van der Waals surface area (Å²) in [5, 5.41) is 30.2. The molecule has 0 bridgehead atoms. The number of nitrogens with two attached hydrogens (primary N) is 1. The van der Waals surface area contributed by atoms with E-state index in [9.17, 15) is 15.3 Å². The lowest BCUT2D eigenvalue weighted by Crippen LogP contribution is -2.54. The summed E-state index contributed by atoms with van der Waals surface area (Å²) in [6.45, 7) is 4.59. The van der Waals surface area contributed by atoms with Crippen LogP contribution in [0.2, 0.25) is 0 Å². The van der Waals surface area contributed by atoms with Gasteiger partial charge in [-0.2, -0.15) is 0 Å². The van der Waals surface area contributed by atoms with Gasteiger partial charge in [0.25, 0.3) is 0 Å². The summed E-state index contributed by atoms with van der Waals surface area (Å²) in [6, 6.07) is 0. The third-order valence-electron chi connectivity index (χ3n) is 3.61. The summed E-state index contributed by atoms with van der Waals surface area (Å²) in [5.41, 5.74) is 2.43. The van der Waals surface area contributed by atoms with Gasteiger partial charge in [-0.25, -0.2) is 4.99 Å². The molecule has 2 aliphatic rings. The van der Waals surface area contributed by atoms with Crippen molar-refractivity contribution >= 4 is 17.4 Å². The molecule has 0 saturated carbocycles. The second-order valence-corrected chi connectivity index (χ2v) is 5.40. The second-order valence-electron chi connectivity index (χ2n) is 5.13. The van der Waals surface area contributed by atoms with E-state index < -0.39 is 30.1 Å². The zero-order chi connectivity index (χ0) is 15.1. The minimum atomic E-state index is -1.67. The van der Waals surface area contributed by atoms with E-state index in [2.05, 4.69) is 11.6 Å². The fourth-order valence-corrected chi connectivity index (χ4v) is 2.68. The fraction of sp³-hybridized carbons (Fsp3) is 0.583. The Bertz CT molecular complexity index is 473. The van der Waals surface area contributed by atoms with Crippen LogP contribution in [0.15, 0.2) is 29.7 Å². The Morgan fingerprint density at radius 1 is 1.65 bits per heavy atom. The minimum Gasteiger partial charge on any atom is -0.393 e. The van der Waals surface area contributed by atoms with Crippen LogP contribution in [0, 0.1) is 0 Å². The molecule has 2 heterocycles. The molecule has 0 aliphatic carbocycles. The van der Waals surface area contributed by atoms with Gasteiger partial charge in [-0.1, -0.05) is 6.58 Å². The summed E-state index contributed by atoms with van der Waals surface area (Å²) in [5.74, 6) is 0.355. The topological polar surface area (TPSA) is 112 Å². The molecule has 0 amide bonds. The Morgan fingerprint density at radius 3 is 2.75 bits per heavy atom. The highest BCUT2D eigenvalue weighted by Crippen LogP contribution is 2.42. The molecule has 0 aromatic carbocycles. The van der Waals surface area contributed by atoms with E-state index in [1.54, 1.807) is 0 Å². The van der Waals surface area contributed by atoms with Crippen molar-refractivity contribution in [3.63, 3.8) is 0 Å². The second kappa shape index (κ2) is 5.01. The zero-order valence-corrected chi connectivity index (χ0v) is 11.8. The molecule has 112 valence electrons. The van der Waals surface area contributed by atoms with Crippen LogP contribution >= 0.6 is 11.6 Å². The Kier molecular flexibility index (Phi) is 3.83. The highest BCUT2D eigenvalue weighted by Gasteiger charge is 2.62. The van der Waals surface area contributed by atoms with E-state index >= 15 is 0 Å². The summed E-state index contributed by atoms with van der Waals surface area (Å²) in [6.07, 6.45) is 0.689. The Hall–Kier alpha value is -1.12. The molecule has 7 nitrogen and oxygen atoms in total. The van der Waals surface area contributed by atoms with Crippen molar-refractivity contribution in [2.45, 2.75) is 30.5 Å². The third-order valence-corrected chi connectivity index (χ3v) is 4.06. The third kappa shape index (κ3) is 2.11. The highest BCUT2D eigenvalue weighted by atomic mass is 35.5. The lowest BCUT2D eigenvalue weighted by atomic mass is 9.88. The lowest BCUT2D eigenvalue weighted by Gasteiger charge is -2.35. The Balaban J connectivity index is 2.34. The SMILES string of the molecule is C=C1N=C(N)C=CN1[C@@H]1O[C@@](CO)(CCl)[C@@H](O)[C@@]1(C)O. The molecule has 2 rings (SSSR count). The highest BCUT2D eigenvalue weighted by molar-refractivity contribution is 6.18. The van der Waals surface area contributed by atoms with Crippen LogP contribution in [0.3, 0.4) is 0 Å². The predicted octanol–water partition coefficient (Wildman–Crippen LogP) is -0.918. The molecule has 0 radical (unpaired) electrons. The molecule has 0 aromatic heterocycles. The average molecular weight is 304 g/mol. The van der Waals surface area contributed by atoms with Crippen LogP contribution in [0.1, 0.15) is 6.92 Å². The van der Waals surface area contributed by atoms with Crippen molar-refractivity contribution in [2.75, 3.05) is 12.5 Å². The van der Waals surface area contributed by atoms with Gasteiger partial charge in [0.1, 0.15) is 29.0 Å². The standard InChI is InChI=1S/C12H18ClN3O4/c1-7-15-8(14)3-4-16(7)10-11(2,19)9(18)12(5-13,6-17)20-10/h3-4,9-10,17-19H,1,5-6H2,2H3,(H2,14,15)/t9-,10+,11+,12+/m0/s1. The molecule has 0 aromatic rings. The molecule has 4 atom stereocenters. The van der Waals surface area contributed by atoms with Gasteiger partial charge in [-0.05, 0) is 13.0 Å². The van der Waals surface area contributed by atoms with Crippen LogP contribution in [0.4, 0.5) is 0 Å². The smallest absolute Gasteiger partial charge is 0.167 e. The van der Waals surface area contributed by atoms with Crippen molar-refractivity contribution in [1.29, 1.82) is 0 Å². The number of aliphatic imine (C=N–C) groups is 1. The maximum Gasteiger partial charge on any atom is 0.167 e. The van der Waals surface area contributed by atoms with Gasteiger partial charge in [0, 0.05) is 6.20 Å². The number of rotatable bonds is 3. The quantitative estimate of drug-likeness (QED) is 0.502. The van der Waals surface area contributed by atoms with Crippen molar-refractivity contribution in [2.24, 2.45) is 10.7 Å². The van der Waals surface area contributed by atoms with Crippen LogP contribution < -0.4 is 5.73 Å². The molecule has 1 saturated heterocycles. The first kappa shape index (κ1) is 15.3. The van der Waals surface area contributed by atoms with Crippen LogP contribution in [0.25, 0.3) is 0 Å². The summed E-state index contributed by atoms with van der Waals surface area (Å²) in [4.78, 5) is 5.40. The van der Waals surface area contributed by atoms with Gasteiger partial charge in [0.15, 0.2) is 6.23 Å². The monoisotopic (exact) mass is 303 g/mol. The van der Waals surface area contributed by atoms with Gasteiger partial charge in [0.2, 0.25) is 0 Å². The number of hydrogen-bond donors (Lipinski definition) is 4. The van der Waals surface area contributed by atoms with E-state index in [1.807, 2.05) is 0 Å². The maximum absolute atomic E-state index is 10.5. The fourth-order valence-electron chi connectivity index (χ4n) is 2.38. The first-order valence-corrected chi connectivity index (χ1v) is 6.56. The van der Waals surface area contributed by atoms with Crippen molar-refractivity contribution in [3.8, 4) is 0 Å². The minimum absolute atomic E-state index is 0.174. The van der Waals surface area contributed by atoms with Crippen LogP contribution in [-0.4, -0.2) is 62.1 Å². The van der Waals surface area contributed by atoms with Crippen LogP contribution in [-0.2, 0) is 4.74 Å². The lowest BCUT2D eigenvalue weighted by molar-refractivity contribution is -0.130. The van der Waals surface area contributed by atoms with Gasteiger partial charge in [-0.3, -0.25) is 0 Å². The molecule has 0 spiro atoms. The first-order valence-electron chi connectivity index (χ1n) is 6.03. The number of amidine groups is 1. The summed E-state index contributed by atoms with van der Waals surface area (Å²) < 4.78 is 5.64. The van der Waals surface area contributed by atoms with E-state index in [0.717, 1.165) is 0 Å². The number of nitrogens with zero attached hydrogens (tertiary/aromatic N) is 2. The average Bonchev–Trinajstić information content (AvgIpc) is 2.60. The normalized spacial score (nSPS) is 41.1. The summed E-state index contributed by atoms with van der Waals surface area (Å²) in [7, 11) is 0. The van der Waals surface area contributed by atoms with Crippen molar-refractivity contribution in [3.05, 3.63) is 24.7 Å². The van der Waals surface area contributed by atoms with Gasteiger partial charge in [-0.15, -0.1) is 11.6 Å². The number of aliphatic hydroxyl groups is 3. The van der Waals surface area contributed by atoms with E-state index in [4.69, 9.17) is 22.1 Å². The van der Waals surface area contributed by atoms with E-state index in [0.29, 0.717) is 0 Å². The van der Waals surface area contributed by atoms with Crippen LogP contribution in [0.5, 0.6) is 0 Å². The number of hydrogen-bond acceptors (Lipinski definition) is 7. The number of ether oxygens (including phenoxy) is 1. The van der Waals surface area contributed by atoms with Crippen molar-refractivity contribution < 1.29 is 20.1 Å². The van der Waals surface area contributed by atoms with Gasteiger partial charge < -0.3 is 30.7 Å². The van der Waals surface area contributed by atoms with Gasteiger partial charge in [0.05, 0.1) is 12.5 Å². The number of aliphatic hydroxyl groups excluding tert-OH is 2. The Labute approximate surface area is 121 Å². The zero-order valence-electron chi connectivity index (χ0n) is 11.0. The first-order chi connectivity index (χ1) is 9.28. The largest absolute Gasteiger partial charge is 0.393 e. The number of halogens is 1. The molecular weight excluding hydrogens is 286 g/mol. The number of alkyl halides is 1. The molecule has 2 aliphatic heterocycles. The van der Waals surface area contributed by atoms with Crippen molar-refractivity contribution in [1.82, 2.24) is 4.90 Å². The molecule has 0 unspecified atom stereocenters. The van der Waals surface area contributed by atoms with Gasteiger partial charge >= 0.3 is 0 Å². The van der Waals surface area contributed by atoms with E-state index in [1.165, 1.54) is 24.1 Å². The Morgan fingerprint density at radius 2 is 2.30 bits per heavy atom. The predicted molar refractivity (Wildman–Crippen MR) is 73.8 cm³/mol. The molecule has 20 heavy (non-hydrogen) atoms. The maximum atomic E-state index is 10.5. The molecular formula is C12H18ClN3O4. The summed E-state index contributed by atoms with van der Waals surface area (Å²) >= 11 is 5.79. The molecule has 1 fully saturated rings. The van der Waals surface area contributed by atoms with E-state index in [-0.39, 0.29) is 17.5 Å².